The number of aryl methyl sites for hydroxylation is 1. The maximum atomic E-state index is 14.4. The number of halogens is 1. The topological polar surface area (TPSA) is 74.7 Å². The molecule has 5 nitrogen and oxygen atoms in total. The Labute approximate surface area is 199 Å². The Morgan fingerprint density at radius 1 is 1.06 bits per heavy atom. The summed E-state index contributed by atoms with van der Waals surface area (Å²) in [6, 6.07) is 19.0. The van der Waals surface area contributed by atoms with E-state index < -0.39 is 5.82 Å². The van der Waals surface area contributed by atoms with E-state index in [4.69, 9.17) is 13.9 Å². The van der Waals surface area contributed by atoms with Crippen molar-refractivity contribution in [1.82, 2.24) is 0 Å². The molecule has 0 aliphatic heterocycles. The average molecular weight is 464 g/mol. The number of para-hydroxylation sites is 1. The normalized spacial score (nSPS) is 10.7. The first kappa shape index (κ1) is 25.0. The lowest BCUT2D eigenvalue weighted by atomic mass is 9.99. The van der Waals surface area contributed by atoms with Crippen LogP contribution in [0.15, 0.2) is 71.3 Å². The van der Waals surface area contributed by atoms with Gasteiger partial charge in [0.1, 0.15) is 24.2 Å². The summed E-state index contributed by atoms with van der Waals surface area (Å²) in [5.74, 6) is -0.120. The fourth-order valence-corrected chi connectivity index (χ4v) is 3.69. The summed E-state index contributed by atoms with van der Waals surface area (Å²) in [5, 5.41) is 0.413. The predicted octanol–water partition coefficient (Wildman–Crippen LogP) is 6.20. The average Bonchev–Trinajstić information content (AvgIpc) is 3.19. The molecule has 0 aliphatic rings. The molecule has 1 heterocycles. The highest BCUT2D eigenvalue weighted by atomic mass is 19.1. The lowest BCUT2D eigenvalue weighted by Gasteiger charge is -2.13. The zero-order valence-electron chi connectivity index (χ0n) is 19.9. The van der Waals surface area contributed by atoms with Gasteiger partial charge in [-0.25, -0.2) is 4.39 Å². The van der Waals surface area contributed by atoms with E-state index >= 15 is 0 Å². The highest BCUT2D eigenvalue weighted by Crippen LogP contribution is 2.33. The lowest BCUT2D eigenvalue weighted by Crippen LogP contribution is -2.14. The number of hydrogen-bond donors (Lipinski definition) is 1. The summed E-state index contributed by atoms with van der Waals surface area (Å²) < 4.78 is 31.2. The van der Waals surface area contributed by atoms with E-state index in [1.165, 1.54) is 7.05 Å². The molecule has 0 bridgehead atoms. The van der Waals surface area contributed by atoms with Gasteiger partial charge in [0.2, 0.25) is 0 Å². The molecule has 2 N–H and O–H groups in total. The number of furan rings is 1. The van der Waals surface area contributed by atoms with Gasteiger partial charge in [-0.15, -0.1) is 0 Å². The number of esters is 1. The molecule has 0 saturated carbocycles. The molecule has 178 valence electrons. The van der Waals surface area contributed by atoms with Crippen molar-refractivity contribution in [1.29, 1.82) is 0 Å². The summed E-state index contributed by atoms with van der Waals surface area (Å²) in [5.41, 5.74) is 9.41. The van der Waals surface area contributed by atoms with Crippen LogP contribution in [0.4, 0.5) is 4.39 Å². The van der Waals surface area contributed by atoms with Crippen LogP contribution in [0.3, 0.4) is 0 Å². The summed E-state index contributed by atoms with van der Waals surface area (Å²) in [4.78, 5) is 12.1. The number of nitrogens with two attached hydrogens (primary N) is 1. The second-order valence-electron chi connectivity index (χ2n) is 8.08. The third-order valence-corrected chi connectivity index (χ3v) is 5.08. The van der Waals surface area contributed by atoms with E-state index in [0.717, 1.165) is 34.1 Å². The molecule has 0 aliphatic carbocycles. The van der Waals surface area contributed by atoms with Crippen LogP contribution < -0.4 is 10.5 Å². The van der Waals surface area contributed by atoms with Gasteiger partial charge in [-0.3, -0.25) is 4.79 Å². The van der Waals surface area contributed by atoms with E-state index in [0.29, 0.717) is 16.7 Å². The second-order valence-corrected chi connectivity index (χ2v) is 8.08. The van der Waals surface area contributed by atoms with Gasteiger partial charge >= 0.3 is 5.97 Å². The molecular formula is C28H30FNO4. The number of carbonyl (C=O) groups is 1. The van der Waals surface area contributed by atoms with Gasteiger partial charge in [0.25, 0.3) is 0 Å². The molecule has 0 fully saturated rings. The molecule has 0 radical (unpaired) electrons. The summed E-state index contributed by atoms with van der Waals surface area (Å²) >= 11 is 0. The monoisotopic (exact) mass is 463 g/mol. The van der Waals surface area contributed by atoms with Gasteiger partial charge in [0.05, 0.1) is 17.9 Å². The number of fused-ring (bicyclic) bond motifs is 1. The van der Waals surface area contributed by atoms with Gasteiger partial charge in [-0.1, -0.05) is 48.0 Å². The molecule has 0 atom stereocenters. The number of benzene rings is 3. The zero-order chi connectivity index (χ0) is 24.7. The van der Waals surface area contributed by atoms with Crippen molar-refractivity contribution in [3.8, 4) is 16.9 Å². The Balaban J connectivity index is 0.00000158. The minimum atomic E-state index is -0.410. The van der Waals surface area contributed by atoms with Crippen LogP contribution in [0.25, 0.3) is 22.1 Å². The Bertz CT molecular complexity index is 1260. The molecule has 0 spiro atoms. The second kappa shape index (κ2) is 11.5. The molecular weight excluding hydrogens is 433 g/mol. The molecule has 4 aromatic rings. The van der Waals surface area contributed by atoms with Crippen molar-refractivity contribution < 1.29 is 23.1 Å². The first-order valence-electron chi connectivity index (χ1n) is 11.2. The van der Waals surface area contributed by atoms with Crippen LogP contribution in [-0.2, 0) is 22.6 Å². The largest absolute Gasteiger partial charge is 0.489 e. The van der Waals surface area contributed by atoms with Gasteiger partial charge in [-0.05, 0) is 57.1 Å². The van der Waals surface area contributed by atoms with Crippen LogP contribution in [0.2, 0.25) is 0 Å². The van der Waals surface area contributed by atoms with Crippen molar-refractivity contribution in [2.45, 2.75) is 39.9 Å². The molecule has 0 unspecified atom stereocenters. The molecule has 4 rings (SSSR count). The van der Waals surface area contributed by atoms with E-state index in [2.05, 4.69) is 5.73 Å². The lowest BCUT2D eigenvalue weighted by molar-refractivity contribution is -0.146. The smallest absolute Gasteiger partial charge is 0.310 e. The zero-order valence-corrected chi connectivity index (χ0v) is 19.9. The Hall–Kier alpha value is -3.64. The van der Waals surface area contributed by atoms with Gasteiger partial charge in [-0.2, -0.15) is 0 Å². The summed E-state index contributed by atoms with van der Waals surface area (Å²) in [6.07, 6.45) is 1.08. The quantitative estimate of drug-likeness (QED) is 0.331. The van der Waals surface area contributed by atoms with Crippen LogP contribution in [0.1, 0.15) is 30.5 Å². The number of hydrogen-bond acceptors (Lipinski definition) is 5. The first-order valence-corrected chi connectivity index (χ1v) is 11.2. The molecule has 0 amide bonds. The van der Waals surface area contributed by atoms with Gasteiger partial charge in [0, 0.05) is 11.1 Å². The van der Waals surface area contributed by atoms with Gasteiger partial charge in [0.15, 0.2) is 5.82 Å². The summed E-state index contributed by atoms with van der Waals surface area (Å²) in [6.45, 7) is 5.86. The highest BCUT2D eigenvalue weighted by molar-refractivity contribution is 5.93. The van der Waals surface area contributed by atoms with Crippen LogP contribution in [0.5, 0.6) is 5.75 Å². The van der Waals surface area contributed by atoms with Crippen LogP contribution in [-0.4, -0.2) is 19.1 Å². The minimum Gasteiger partial charge on any atom is -0.489 e. The van der Waals surface area contributed by atoms with Crippen molar-refractivity contribution in [3.05, 3.63) is 89.4 Å². The van der Waals surface area contributed by atoms with E-state index in [-0.39, 0.29) is 25.1 Å². The SMILES string of the molecule is CN.Cc1cccc(-c2cc(COc3ccccc3CC(=O)OC(C)C)cc3c(F)coc23)c1. The highest BCUT2D eigenvalue weighted by Gasteiger charge is 2.15. The molecule has 3 aromatic carbocycles. The maximum absolute atomic E-state index is 14.4. The molecule has 0 saturated heterocycles. The van der Waals surface area contributed by atoms with Gasteiger partial charge < -0.3 is 19.6 Å². The summed E-state index contributed by atoms with van der Waals surface area (Å²) in [7, 11) is 1.50. The van der Waals surface area contributed by atoms with E-state index in [9.17, 15) is 9.18 Å². The van der Waals surface area contributed by atoms with Crippen LogP contribution >= 0.6 is 0 Å². The van der Waals surface area contributed by atoms with Crippen molar-refractivity contribution >= 4 is 16.9 Å². The molecule has 6 heteroatoms. The molecule has 1 aromatic heterocycles. The van der Waals surface area contributed by atoms with Crippen LogP contribution in [0, 0.1) is 12.7 Å². The molecule has 34 heavy (non-hydrogen) atoms. The van der Waals surface area contributed by atoms with E-state index in [1.807, 2.05) is 75.4 Å². The third-order valence-electron chi connectivity index (χ3n) is 5.08. The first-order chi connectivity index (χ1) is 16.4. The Morgan fingerprint density at radius 2 is 1.82 bits per heavy atom. The predicted molar refractivity (Wildman–Crippen MR) is 132 cm³/mol. The standard InChI is InChI=1S/C27H25FO4.CH5N/c1-17(2)32-26(29)14-21-8-4-5-10-25(21)30-15-19-12-22(20-9-6-7-18(3)11-20)27-23(13-19)24(28)16-31-27;1-2/h4-13,16-17H,14-15H2,1-3H3;2H2,1H3. The fraction of sp³-hybridized carbons (Fsp3) is 0.250. The number of ether oxygens (including phenoxy) is 2. The number of rotatable bonds is 7. The fourth-order valence-electron chi connectivity index (χ4n) is 3.69. The van der Waals surface area contributed by atoms with Crippen molar-refractivity contribution in [2.24, 2.45) is 5.73 Å². The Kier molecular flexibility index (Phi) is 8.44. The number of carbonyl (C=O) groups excluding carboxylic acids is 1. The van der Waals surface area contributed by atoms with E-state index in [1.54, 1.807) is 6.07 Å². The maximum Gasteiger partial charge on any atom is 0.310 e. The van der Waals surface area contributed by atoms with Crippen molar-refractivity contribution in [3.63, 3.8) is 0 Å². The Morgan fingerprint density at radius 3 is 2.56 bits per heavy atom. The third kappa shape index (κ3) is 6.02. The van der Waals surface area contributed by atoms with Crippen molar-refractivity contribution in [2.75, 3.05) is 7.05 Å². The minimum absolute atomic E-state index is 0.123.